The first kappa shape index (κ1) is 13.8. The van der Waals surface area contributed by atoms with Crippen LogP contribution in [0.3, 0.4) is 0 Å². The van der Waals surface area contributed by atoms with E-state index in [9.17, 15) is 0 Å². The van der Waals surface area contributed by atoms with Gasteiger partial charge >= 0.3 is 0 Å². The van der Waals surface area contributed by atoms with E-state index in [0.717, 1.165) is 22.5 Å². The molecule has 1 aliphatic rings. The van der Waals surface area contributed by atoms with Crippen molar-refractivity contribution in [2.45, 2.75) is 58.3 Å². The molecule has 3 rings (SSSR count). The molecule has 2 aromatic rings. The SMILES string of the molecule is Cc1cc2c(NC3CC(C)(C)OC3(C)C)ncnc2s1. The van der Waals surface area contributed by atoms with Gasteiger partial charge in [-0.3, -0.25) is 0 Å². The van der Waals surface area contributed by atoms with Gasteiger partial charge in [-0.05, 0) is 47.1 Å². The number of rotatable bonds is 2. The Kier molecular flexibility index (Phi) is 3.03. The number of nitrogens with one attached hydrogen (secondary N) is 1. The number of hydrogen-bond donors (Lipinski definition) is 1. The largest absolute Gasteiger partial charge is 0.367 e. The number of nitrogens with zero attached hydrogens (tertiary/aromatic N) is 2. The molecule has 4 nitrogen and oxygen atoms in total. The molecule has 1 fully saturated rings. The van der Waals surface area contributed by atoms with E-state index in [-0.39, 0.29) is 17.2 Å². The second-order valence-corrected chi connectivity index (χ2v) is 7.90. The summed E-state index contributed by atoms with van der Waals surface area (Å²) in [5.74, 6) is 0.915. The third kappa shape index (κ3) is 2.40. The van der Waals surface area contributed by atoms with E-state index in [4.69, 9.17) is 4.74 Å². The second-order valence-electron chi connectivity index (χ2n) is 6.66. The highest BCUT2D eigenvalue weighted by atomic mass is 32.1. The van der Waals surface area contributed by atoms with Gasteiger partial charge in [-0.15, -0.1) is 11.3 Å². The Hall–Kier alpha value is -1.20. The third-order valence-corrected chi connectivity index (χ3v) is 4.80. The van der Waals surface area contributed by atoms with E-state index in [1.807, 2.05) is 0 Å². The summed E-state index contributed by atoms with van der Waals surface area (Å²) in [5.41, 5.74) is -0.302. The Morgan fingerprint density at radius 1 is 1.30 bits per heavy atom. The average molecular weight is 291 g/mol. The molecule has 1 unspecified atom stereocenters. The van der Waals surface area contributed by atoms with Gasteiger partial charge < -0.3 is 10.1 Å². The highest BCUT2D eigenvalue weighted by Crippen LogP contribution is 2.39. The van der Waals surface area contributed by atoms with Crippen LogP contribution in [0.2, 0.25) is 0 Å². The average Bonchev–Trinajstić information content (AvgIpc) is 2.76. The van der Waals surface area contributed by atoms with Crippen LogP contribution in [0.1, 0.15) is 39.0 Å². The lowest BCUT2D eigenvalue weighted by molar-refractivity contribution is -0.0662. The van der Waals surface area contributed by atoms with Crippen molar-refractivity contribution in [2.24, 2.45) is 0 Å². The molecule has 1 saturated heterocycles. The first-order valence-corrected chi connectivity index (χ1v) is 7.76. The molecule has 0 amide bonds. The van der Waals surface area contributed by atoms with Gasteiger partial charge in [-0.1, -0.05) is 0 Å². The molecule has 1 atom stereocenters. The van der Waals surface area contributed by atoms with Crippen molar-refractivity contribution < 1.29 is 4.74 Å². The molecule has 108 valence electrons. The fraction of sp³-hybridized carbons (Fsp3) is 0.600. The van der Waals surface area contributed by atoms with Crippen LogP contribution in [0.25, 0.3) is 10.2 Å². The number of hydrogen-bond acceptors (Lipinski definition) is 5. The van der Waals surface area contributed by atoms with Gasteiger partial charge in [0.1, 0.15) is 17.0 Å². The standard InChI is InChI=1S/C15H21N3OS/c1-9-6-10-12(16-8-17-13(10)20-9)18-11-7-14(2,3)19-15(11,4)5/h6,8,11H,7H2,1-5H3,(H,16,17,18). The maximum Gasteiger partial charge on any atom is 0.138 e. The molecule has 0 aliphatic carbocycles. The van der Waals surface area contributed by atoms with Crippen molar-refractivity contribution in [3.63, 3.8) is 0 Å². The minimum atomic E-state index is -0.203. The van der Waals surface area contributed by atoms with Crippen LogP contribution >= 0.6 is 11.3 Å². The van der Waals surface area contributed by atoms with Crippen LogP contribution in [0.4, 0.5) is 5.82 Å². The van der Waals surface area contributed by atoms with E-state index in [1.165, 1.54) is 4.88 Å². The first-order valence-electron chi connectivity index (χ1n) is 6.95. The van der Waals surface area contributed by atoms with Crippen LogP contribution < -0.4 is 5.32 Å². The van der Waals surface area contributed by atoms with Gasteiger partial charge in [0.15, 0.2) is 0 Å². The van der Waals surface area contributed by atoms with Crippen LogP contribution in [0.15, 0.2) is 12.4 Å². The summed E-state index contributed by atoms with van der Waals surface area (Å²) in [5, 5.41) is 4.68. The van der Waals surface area contributed by atoms with Gasteiger partial charge in [-0.2, -0.15) is 0 Å². The summed E-state index contributed by atoms with van der Waals surface area (Å²) in [6, 6.07) is 2.40. The smallest absolute Gasteiger partial charge is 0.138 e. The molecule has 2 aromatic heterocycles. The number of ether oxygens (including phenoxy) is 1. The Labute approximate surface area is 123 Å². The predicted molar refractivity (Wildman–Crippen MR) is 83.4 cm³/mol. The number of thiophene rings is 1. The summed E-state index contributed by atoms with van der Waals surface area (Å²) in [6.07, 6.45) is 2.60. The van der Waals surface area contributed by atoms with E-state index in [1.54, 1.807) is 17.7 Å². The summed E-state index contributed by atoms with van der Waals surface area (Å²) in [7, 11) is 0. The van der Waals surface area contributed by atoms with Crippen molar-refractivity contribution in [2.75, 3.05) is 5.32 Å². The normalized spacial score (nSPS) is 24.1. The molecule has 0 spiro atoms. The molecule has 0 saturated carbocycles. The van der Waals surface area contributed by atoms with Gasteiger partial charge in [-0.25, -0.2) is 9.97 Å². The zero-order valence-electron chi connectivity index (χ0n) is 12.7. The molecule has 1 N–H and O–H groups in total. The minimum Gasteiger partial charge on any atom is -0.367 e. The quantitative estimate of drug-likeness (QED) is 0.915. The Morgan fingerprint density at radius 2 is 2.05 bits per heavy atom. The molecule has 1 aliphatic heterocycles. The van der Waals surface area contributed by atoms with Gasteiger partial charge in [0.2, 0.25) is 0 Å². The number of aryl methyl sites for hydroxylation is 1. The predicted octanol–water partition coefficient (Wildman–Crippen LogP) is 3.76. The van der Waals surface area contributed by atoms with Gasteiger partial charge in [0, 0.05) is 4.88 Å². The third-order valence-electron chi connectivity index (χ3n) is 3.84. The highest BCUT2D eigenvalue weighted by Gasteiger charge is 2.46. The number of anilines is 1. The lowest BCUT2D eigenvalue weighted by Crippen LogP contribution is -2.38. The maximum atomic E-state index is 6.13. The zero-order valence-corrected chi connectivity index (χ0v) is 13.5. The lowest BCUT2D eigenvalue weighted by atomic mass is 9.94. The van der Waals surface area contributed by atoms with Crippen molar-refractivity contribution in [3.05, 3.63) is 17.3 Å². The van der Waals surface area contributed by atoms with E-state index in [2.05, 4.69) is 56.0 Å². The molecule has 5 heteroatoms. The number of aromatic nitrogens is 2. The summed E-state index contributed by atoms with van der Waals surface area (Å²) >= 11 is 1.70. The summed E-state index contributed by atoms with van der Waals surface area (Å²) in [6.45, 7) is 10.6. The van der Waals surface area contributed by atoms with Crippen LogP contribution in [0, 0.1) is 6.92 Å². The van der Waals surface area contributed by atoms with Gasteiger partial charge in [0.25, 0.3) is 0 Å². The Balaban J connectivity index is 1.94. The van der Waals surface area contributed by atoms with Crippen LogP contribution in [-0.4, -0.2) is 27.2 Å². The zero-order chi connectivity index (χ0) is 14.5. The lowest BCUT2D eigenvalue weighted by Gasteiger charge is -2.28. The molecular weight excluding hydrogens is 270 g/mol. The minimum absolute atomic E-state index is 0.0993. The topological polar surface area (TPSA) is 47.0 Å². The fourth-order valence-corrected chi connectivity index (χ4v) is 3.89. The van der Waals surface area contributed by atoms with E-state index < -0.39 is 0 Å². The van der Waals surface area contributed by atoms with Crippen molar-refractivity contribution in [1.29, 1.82) is 0 Å². The summed E-state index contributed by atoms with van der Waals surface area (Å²) < 4.78 is 6.13. The Bertz CT molecular complexity index is 648. The monoisotopic (exact) mass is 291 g/mol. The van der Waals surface area contributed by atoms with Crippen molar-refractivity contribution >= 4 is 27.4 Å². The van der Waals surface area contributed by atoms with E-state index in [0.29, 0.717) is 0 Å². The van der Waals surface area contributed by atoms with Crippen molar-refractivity contribution in [1.82, 2.24) is 9.97 Å². The van der Waals surface area contributed by atoms with Crippen LogP contribution in [0.5, 0.6) is 0 Å². The molecule has 3 heterocycles. The van der Waals surface area contributed by atoms with E-state index >= 15 is 0 Å². The summed E-state index contributed by atoms with van der Waals surface area (Å²) in [4.78, 5) is 11.1. The molecule has 0 aromatic carbocycles. The van der Waals surface area contributed by atoms with Gasteiger partial charge in [0.05, 0.1) is 22.6 Å². The molecule has 20 heavy (non-hydrogen) atoms. The molecule has 0 radical (unpaired) electrons. The first-order chi connectivity index (χ1) is 9.27. The fourth-order valence-electron chi connectivity index (χ4n) is 3.04. The van der Waals surface area contributed by atoms with Crippen LogP contribution in [-0.2, 0) is 4.74 Å². The molecule has 0 bridgehead atoms. The number of fused-ring (bicyclic) bond motifs is 1. The second kappa shape index (κ2) is 4.40. The maximum absolute atomic E-state index is 6.13. The molecular formula is C15H21N3OS. The Morgan fingerprint density at radius 3 is 2.70 bits per heavy atom. The van der Waals surface area contributed by atoms with Crippen molar-refractivity contribution in [3.8, 4) is 0 Å². The highest BCUT2D eigenvalue weighted by molar-refractivity contribution is 7.18.